The number of hydrogen-bond acceptors (Lipinski definition) is 6. The molecule has 0 unspecified atom stereocenters. The van der Waals surface area contributed by atoms with E-state index in [0.29, 0.717) is 28.7 Å². The molecule has 2 aliphatic heterocycles. The maximum absolute atomic E-state index is 15.4. The van der Waals surface area contributed by atoms with Crippen LogP contribution in [0.2, 0.25) is 0 Å². The number of anilines is 2. The van der Waals surface area contributed by atoms with Gasteiger partial charge in [-0.1, -0.05) is 90.0 Å². The van der Waals surface area contributed by atoms with Crippen LogP contribution in [0.4, 0.5) is 11.4 Å². The summed E-state index contributed by atoms with van der Waals surface area (Å²) in [6.45, 7) is 1.97. The van der Waals surface area contributed by atoms with E-state index in [1.807, 2.05) is 104 Å². The summed E-state index contributed by atoms with van der Waals surface area (Å²) in [4.78, 5) is 60.4. The Kier molecular flexibility index (Phi) is 7.62. The van der Waals surface area contributed by atoms with Gasteiger partial charge in [0, 0.05) is 14.9 Å². The summed E-state index contributed by atoms with van der Waals surface area (Å²) in [6, 6.07) is 35.4. The zero-order valence-corrected chi connectivity index (χ0v) is 30.4. The van der Waals surface area contributed by atoms with Gasteiger partial charge in [-0.2, -0.15) is 5.01 Å². The molecular weight excluding hydrogens is 765 g/mol. The Morgan fingerprint density at radius 3 is 2.17 bits per heavy atom. The van der Waals surface area contributed by atoms with Crippen LogP contribution in [0.25, 0.3) is 10.8 Å². The minimum atomic E-state index is -1.40. The minimum Gasteiger partial charge on any atom is -0.507 e. The zero-order chi connectivity index (χ0) is 35.9. The molecule has 2 heterocycles. The van der Waals surface area contributed by atoms with Crippen molar-refractivity contribution in [3.63, 3.8) is 0 Å². The number of fused-ring (bicyclic) bond motifs is 5. The summed E-state index contributed by atoms with van der Waals surface area (Å²) in [5.41, 5.74) is 6.29. The third-order valence-electron chi connectivity index (χ3n) is 11.7. The molecule has 4 aliphatic rings. The topological polar surface area (TPSA) is 107 Å². The Labute approximate surface area is 314 Å². The van der Waals surface area contributed by atoms with E-state index >= 15 is 4.79 Å². The fourth-order valence-electron chi connectivity index (χ4n) is 9.49. The molecule has 5 aromatic carbocycles. The third-order valence-corrected chi connectivity index (χ3v) is 12.4. The first-order valence-corrected chi connectivity index (χ1v) is 18.6. The molecule has 0 radical (unpaired) electrons. The lowest BCUT2D eigenvalue weighted by Gasteiger charge is -2.51. The molecule has 3 fully saturated rings. The van der Waals surface area contributed by atoms with Crippen LogP contribution in [-0.4, -0.2) is 33.7 Å². The summed E-state index contributed by atoms with van der Waals surface area (Å²) >= 11 is 2.20. The maximum atomic E-state index is 15.4. The van der Waals surface area contributed by atoms with Crippen molar-refractivity contribution in [2.24, 2.45) is 23.7 Å². The number of aromatic hydroxyl groups is 1. The van der Waals surface area contributed by atoms with Gasteiger partial charge < -0.3 is 5.11 Å². The molecule has 9 heteroatoms. The van der Waals surface area contributed by atoms with E-state index in [1.165, 1.54) is 9.91 Å². The van der Waals surface area contributed by atoms with Gasteiger partial charge >= 0.3 is 0 Å². The molecule has 2 saturated heterocycles. The predicted molar refractivity (Wildman–Crippen MR) is 206 cm³/mol. The molecule has 0 bridgehead atoms. The van der Waals surface area contributed by atoms with Crippen LogP contribution in [0.5, 0.6) is 5.75 Å². The highest BCUT2D eigenvalue weighted by molar-refractivity contribution is 14.1. The largest absolute Gasteiger partial charge is 0.507 e. The van der Waals surface area contributed by atoms with E-state index in [4.69, 9.17) is 0 Å². The van der Waals surface area contributed by atoms with Crippen LogP contribution in [0, 0.1) is 34.2 Å². The van der Waals surface area contributed by atoms with Crippen molar-refractivity contribution in [3.05, 3.63) is 147 Å². The Morgan fingerprint density at radius 1 is 0.750 bits per heavy atom. The second-order valence-electron chi connectivity index (χ2n) is 14.3. The van der Waals surface area contributed by atoms with Crippen LogP contribution in [0.3, 0.4) is 0 Å². The summed E-state index contributed by atoms with van der Waals surface area (Å²) < 4.78 is 0.989. The van der Waals surface area contributed by atoms with E-state index in [9.17, 15) is 19.5 Å². The summed E-state index contributed by atoms with van der Waals surface area (Å²) in [5.74, 6) is -4.51. The number of phenols is 1. The van der Waals surface area contributed by atoms with Crippen LogP contribution in [-0.2, 0) is 24.6 Å². The maximum Gasteiger partial charge on any atom is 0.260 e. The average Bonchev–Trinajstić information content (AvgIpc) is 3.54. The van der Waals surface area contributed by atoms with Gasteiger partial charge in [-0.3, -0.25) is 29.5 Å². The van der Waals surface area contributed by atoms with Gasteiger partial charge in [-0.15, -0.1) is 0 Å². The molecule has 1 saturated carbocycles. The summed E-state index contributed by atoms with van der Waals surface area (Å²) in [5, 5.41) is 13.6. The molecule has 0 spiro atoms. The molecule has 2 N–H and O–H groups in total. The standard InChI is InChI=1S/C43H34IN3O5/c1-24-11-15-27(16-12-24)45-47-40(50)35-23-34-32(19-20-33-37(34)41(51)46(39(33)49)28-17-13-26(44)14-18-28)38(43(35,42(47)52)25-7-3-2-4-8-25)31-21-22-36(48)30-10-6-5-9-29(30)31/h2-19,21-22,33-35,37-38,45,48H,20,23H2,1H3/t33-,34+,35-,37-,38-,43+/m0/s1. The SMILES string of the molecule is Cc1ccc(NN2C(=O)[C@@H]3C[C@@H]4C(=CC[C@@H]5C(=O)N(c6ccc(I)cc6)C(=O)[C@@H]54)[C@H](c4ccc(O)c5ccccc45)[C@]3(c3ccccc3)C2=O)cc1. The fourth-order valence-corrected chi connectivity index (χ4v) is 9.85. The number of aryl methyl sites for hydroxylation is 1. The van der Waals surface area contributed by atoms with Gasteiger partial charge in [0.15, 0.2) is 0 Å². The van der Waals surface area contributed by atoms with Crippen molar-refractivity contribution in [2.45, 2.75) is 31.1 Å². The van der Waals surface area contributed by atoms with Crippen LogP contribution >= 0.6 is 22.6 Å². The van der Waals surface area contributed by atoms with Gasteiger partial charge in [-0.25, -0.2) is 0 Å². The monoisotopic (exact) mass is 799 g/mol. The number of carbonyl (C=O) groups excluding carboxylic acids is 4. The normalized spacial score (nSPS) is 26.7. The van der Waals surface area contributed by atoms with E-state index < -0.39 is 35.0 Å². The molecule has 52 heavy (non-hydrogen) atoms. The van der Waals surface area contributed by atoms with Crippen LogP contribution in [0.1, 0.15) is 35.4 Å². The molecule has 5 aromatic rings. The highest BCUT2D eigenvalue weighted by Gasteiger charge is 2.70. The molecular formula is C43H34IN3O5. The van der Waals surface area contributed by atoms with E-state index in [0.717, 1.165) is 25.7 Å². The Balaban J connectivity index is 1.27. The number of phenolic OH excluding ortho intramolecular Hbond substituents is 1. The molecule has 0 aromatic heterocycles. The van der Waals surface area contributed by atoms with E-state index in [-0.39, 0.29) is 35.8 Å². The first-order chi connectivity index (χ1) is 25.2. The van der Waals surface area contributed by atoms with Crippen molar-refractivity contribution < 1.29 is 24.3 Å². The molecule has 4 amide bonds. The second kappa shape index (κ2) is 12.2. The predicted octanol–water partition coefficient (Wildman–Crippen LogP) is 7.65. The smallest absolute Gasteiger partial charge is 0.260 e. The van der Waals surface area contributed by atoms with Gasteiger partial charge in [-0.05, 0) is 107 Å². The average molecular weight is 800 g/mol. The number of allylic oxidation sites excluding steroid dienone is 2. The number of rotatable bonds is 5. The molecule has 8 nitrogen and oxygen atoms in total. The zero-order valence-electron chi connectivity index (χ0n) is 28.2. The van der Waals surface area contributed by atoms with Gasteiger partial charge in [0.25, 0.3) is 11.8 Å². The number of amides is 4. The van der Waals surface area contributed by atoms with Crippen LogP contribution < -0.4 is 10.3 Å². The highest BCUT2D eigenvalue weighted by atomic mass is 127. The fraction of sp³-hybridized carbons (Fsp3) is 0.209. The number of halogens is 1. The number of hydrogen-bond donors (Lipinski definition) is 2. The molecule has 258 valence electrons. The first kappa shape index (κ1) is 32.6. The summed E-state index contributed by atoms with van der Waals surface area (Å²) in [7, 11) is 0. The van der Waals surface area contributed by atoms with E-state index in [2.05, 4.69) is 34.1 Å². The highest BCUT2D eigenvalue weighted by Crippen LogP contribution is 2.65. The number of hydrazine groups is 1. The molecule has 6 atom stereocenters. The molecule has 9 rings (SSSR count). The van der Waals surface area contributed by atoms with Gasteiger partial charge in [0.1, 0.15) is 5.75 Å². The summed E-state index contributed by atoms with van der Waals surface area (Å²) in [6.07, 6.45) is 2.61. The number of imide groups is 2. The van der Waals surface area contributed by atoms with Crippen molar-refractivity contribution in [1.29, 1.82) is 0 Å². The van der Waals surface area contributed by atoms with Gasteiger partial charge in [0.05, 0.1) is 34.5 Å². The lowest BCUT2D eigenvalue weighted by molar-refractivity contribution is -0.138. The Morgan fingerprint density at radius 2 is 1.44 bits per heavy atom. The number of nitrogens with zero attached hydrogens (tertiary/aromatic N) is 2. The first-order valence-electron chi connectivity index (χ1n) is 17.5. The lowest BCUT2D eigenvalue weighted by Crippen LogP contribution is -2.53. The quantitative estimate of drug-likeness (QED) is 0.108. The van der Waals surface area contributed by atoms with E-state index in [1.54, 1.807) is 18.2 Å². The number of nitrogens with one attached hydrogen (secondary N) is 1. The Hall–Kier alpha value is -5.29. The number of carbonyl (C=O) groups is 4. The second-order valence-corrected chi connectivity index (χ2v) is 15.5. The van der Waals surface area contributed by atoms with Crippen molar-refractivity contribution in [2.75, 3.05) is 10.3 Å². The van der Waals surface area contributed by atoms with Crippen molar-refractivity contribution in [1.82, 2.24) is 5.01 Å². The third kappa shape index (κ3) is 4.64. The minimum absolute atomic E-state index is 0.107. The van der Waals surface area contributed by atoms with Gasteiger partial charge in [0.2, 0.25) is 11.8 Å². The van der Waals surface area contributed by atoms with Crippen LogP contribution in [0.15, 0.2) is 127 Å². The lowest BCUT2D eigenvalue weighted by atomic mass is 9.49. The van der Waals surface area contributed by atoms with Crippen molar-refractivity contribution >= 4 is 68.4 Å². The Bertz CT molecular complexity index is 2340. The van der Waals surface area contributed by atoms with Crippen molar-refractivity contribution in [3.8, 4) is 5.75 Å². The molecule has 2 aliphatic carbocycles. The number of benzene rings is 5.